The molecule has 0 saturated heterocycles. The summed E-state index contributed by atoms with van der Waals surface area (Å²) in [4.78, 5) is 2.45. The molecule has 1 saturated carbocycles. The van der Waals surface area contributed by atoms with Gasteiger partial charge in [0.1, 0.15) is 0 Å². The van der Waals surface area contributed by atoms with Gasteiger partial charge in [-0.1, -0.05) is 37.1 Å². The number of likely N-dealkylation sites (N-methyl/N-ethyl adjacent to an activating group) is 1. The van der Waals surface area contributed by atoms with E-state index in [0.717, 1.165) is 18.4 Å². The maximum atomic E-state index is 10.6. The zero-order valence-electron chi connectivity index (χ0n) is 11.2. The highest BCUT2D eigenvalue weighted by Gasteiger charge is 2.34. The van der Waals surface area contributed by atoms with Crippen molar-refractivity contribution in [1.82, 2.24) is 4.90 Å². The van der Waals surface area contributed by atoms with E-state index in [4.69, 9.17) is 0 Å². The Morgan fingerprint density at radius 2 is 1.83 bits per heavy atom. The third-order valence-corrected chi connectivity index (χ3v) is 4.87. The highest BCUT2D eigenvalue weighted by atomic mass is 16.3. The maximum Gasteiger partial charge on any atom is 0.0947 e. The predicted molar refractivity (Wildman–Crippen MR) is 73.5 cm³/mol. The Morgan fingerprint density at radius 1 is 1.11 bits per heavy atom. The van der Waals surface area contributed by atoms with Crippen LogP contribution in [0.2, 0.25) is 0 Å². The van der Waals surface area contributed by atoms with Crippen LogP contribution in [0.1, 0.15) is 49.3 Å². The van der Waals surface area contributed by atoms with E-state index in [1.165, 1.54) is 31.2 Å². The van der Waals surface area contributed by atoms with E-state index in [2.05, 4.69) is 30.1 Å². The van der Waals surface area contributed by atoms with Crippen molar-refractivity contribution in [3.63, 3.8) is 0 Å². The van der Waals surface area contributed by atoms with Crippen molar-refractivity contribution in [1.29, 1.82) is 0 Å². The van der Waals surface area contributed by atoms with Gasteiger partial charge in [-0.15, -0.1) is 0 Å². The van der Waals surface area contributed by atoms with Crippen LogP contribution in [-0.4, -0.2) is 29.1 Å². The van der Waals surface area contributed by atoms with Crippen LogP contribution < -0.4 is 0 Å². The van der Waals surface area contributed by atoms with Gasteiger partial charge in [-0.05, 0) is 43.9 Å². The van der Waals surface area contributed by atoms with Crippen molar-refractivity contribution in [2.45, 2.75) is 56.7 Å². The SMILES string of the molecule is CN(C1CCCC1)C1CCc2ccccc2C1O. The van der Waals surface area contributed by atoms with Crippen LogP contribution in [0.5, 0.6) is 0 Å². The first-order valence-electron chi connectivity index (χ1n) is 7.25. The summed E-state index contributed by atoms with van der Waals surface area (Å²) in [7, 11) is 2.21. The fourth-order valence-electron chi connectivity index (χ4n) is 3.73. The monoisotopic (exact) mass is 245 g/mol. The summed E-state index contributed by atoms with van der Waals surface area (Å²) in [5.41, 5.74) is 2.49. The van der Waals surface area contributed by atoms with Gasteiger partial charge < -0.3 is 5.11 Å². The first kappa shape index (κ1) is 12.2. The molecule has 2 aliphatic carbocycles. The molecule has 1 N–H and O–H groups in total. The second kappa shape index (κ2) is 5.02. The lowest BCUT2D eigenvalue weighted by Crippen LogP contribution is -2.44. The largest absolute Gasteiger partial charge is 0.387 e. The third kappa shape index (κ3) is 2.08. The minimum Gasteiger partial charge on any atom is -0.387 e. The quantitative estimate of drug-likeness (QED) is 0.866. The zero-order valence-corrected chi connectivity index (χ0v) is 11.2. The number of hydrogen-bond acceptors (Lipinski definition) is 2. The first-order valence-corrected chi connectivity index (χ1v) is 7.25. The summed E-state index contributed by atoms with van der Waals surface area (Å²) in [5, 5.41) is 10.6. The molecule has 2 heteroatoms. The molecule has 1 aromatic rings. The number of rotatable bonds is 2. The summed E-state index contributed by atoms with van der Waals surface area (Å²) in [6.45, 7) is 0. The summed E-state index contributed by atoms with van der Waals surface area (Å²) in [5.74, 6) is 0. The molecule has 2 nitrogen and oxygen atoms in total. The standard InChI is InChI=1S/C16H23NO/c1-17(13-7-3-4-8-13)15-11-10-12-6-2-5-9-14(12)16(15)18/h2,5-6,9,13,15-16,18H,3-4,7-8,10-11H2,1H3. The average Bonchev–Trinajstić information content (AvgIpc) is 2.93. The number of aryl methyl sites for hydroxylation is 1. The van der Waals surface area contributed by atoms with Crippen molar-refractivity contribution in [2.75, 3.05) is 7.05 Å². The van der Waals surface area contributed by atoms with E-state index < -0.39 is 0 Å². The van der Waals surface area contributed by atoms with Gasteiger partial charge in [0.15, 0.2) is 0 Å². The number of aliphatic hydroxyl groups excluding tert-OH is 1. The molecular formula is C16H23NO. The normalized spacial score (nSPS) is 28.6. The summed E-state index contributed by atoms with van der Waals surface area (Å²) < 4.78 is 0. The van der Waals surface area contributed by atoms with Crippen LogP contribution in [0.25, 0.3) is 0 Å². The van der Waals surface area contributed by atoms with Crippen LogP contribution in [0.4, 0.5) is 0 Å². The van der Waals surface area contributed by atoms with Gasteiger partial charge in [0.05, 0.1) is 6.10 Å². The number of nitrogens with zero attached hydrogens (tertiary/aromatic N) is 1. The van der Waals surface area contributed by atoms with Gasteiger partial charge in [0.25, 0.3) is 0 Å². The first-order chi connectivity index (χ1) is 8.77. The lowest BCUT2D eigenvalue weighted by Gasteiger charge is -2.39. The summed E-state index contributed by atoms with van der Waals surface area (Å²) in [6.07, 6.45) is 7.21. The molecule has 0 aromatic heterocycles. The molecule has 0 spiro atoms. The molecule has 3 rings (SSSR count). The highest BCUT2D eigenvalue weighted by Crippen LogP contribution is 2.35. The van der Waals surface area contributed by atoms with Crippen molar-refractivity contribution in [3.05, 3.63) is 35.4 Å². The van der Waals surface area contributed by atoms with Gasteiger partial charge >= 0.3 is 0 Å². The van der Waals surface area contributed by atoms with Crippen molar-refractivity contribution in [2.24, 2.45) is 0 Å². The molecule has 18 heavy (non-hydrogen) atoms. The van der Waals surface area contributed by atoms with Crippen LogP contribution in [-0.2, 0) is 6.42 Å². The molecule has 1 aromatic carbocycles. The minimum absolute atomic E-state index is 0.305. The Kier molecular flexibility index (Phi) is 3.40. The molecule has 2 atom stereocenters. The molecule has 98 valence electrons. The van der Waals surface area contributed by atoms with E-state index in [1.54, 1.807) is 0 Å². The lowest BCUT2D eigenvalue weighted by molar-refractivity contribution is 0.0291. The number of aliphatic hydroxyl groups is 1. The van der Waals surface area contributed by atoms with E-state index in [9.17, 15) is 5.11 Å². The van der Waals surface area contributed by atoms with Crippen LogP contribution in [0.15, 0.2) is 24.3 Å². The van der Waals surface area contributed by atoms with Gasteiger partial charge in [0, 0.05) is 12.1 Å². The molecular weight excluding hydrogens is 222 g/mol. The van der Waals surface area contributed by atoms with Crippen molar-refractivity contribution < 1.29 is 5.11 Å². The van der Waals surface area contributed by atoms with Gasteiger partial charge in [-0.2, -0.15) is 0 Å². The molecule has 0 radical (unpaired) electrons. The highest BCUT2D eigenvalue weighted by molar-refractivity contribution is 5.32. The second-order valence-corrected chi connectivity index (χ2v) is 5.85. The van der Waals surface area contributed by atoms with Crippen LogP contribution in [0.3, 0.4) is 0 Å². The molecule has 0 amide bonds. The molecule has 0 aliphatic heterocycles. The zero-order chi connectivity index (χ0) is 12.5. The smallest absolute Gasteiger partial charge is 0.0947 e. The lowest BCUT2D eigenvalue weighted by atomic mass is 9.84. The van der Waals surface area contributed by atoms with E-state index in [-0.39, 0.29) is 6.10 Å². The Balaban J connectivity index is 1.79. The third-order valence-electron chi connectivity index (χ3n) is 4.87. The van der Waals surface area contributed by atoms with Gasteiger partial charge in [-0.3, -0.25) is 4.90 Å². The average molecular weight is 245 g/mol. The van der Waals surface area contributed by atoms with Crippen molar-refractivity contribution >= 4 is 0 Å². The Labute approximate surface area is 110 Å². The Hall–Kier alpha value is -0.860. The minimum atomic E-state index is -0.305. The molecule has 1 fully saturated rings. The van der Waals surface area contributed by atoms with Crippen molar-refractivity contribution in [3.8, 4) is 0 Å². The van der Waals surface area contributed by atoms with Gasteiger partial charge in [-0.25, -0.2) is 0 Å². The van der Waals surface area contributed by atoms with E-state index in [1.807, 2.05) is 6.07 Å². The van der Waals surface area contributed by atoms with Crippen LogP contribution >= 0.6 is 0 Å². The number of fused-ring (bicyclic) bond motifs is 1. The maximum absolute atomic E-state index is 10.6. The van der Waals surface area contributed by atoms with Crippen LogP contribution in [0, 0.1) is 0 Å². The molecule has 0 bridgehead atoms. The van der Waals surface area contributed by atoms with Gasteiger partial charge in [0.2, 0.25) is 0 Å². The summed E-state index contributed by atoms with van der Waals surface area (Å²) >= 11 is 0. The molecule has 2 aliphatic rings. The fourth-order valence-corrected chi connectivity index (χ4v) is 3.73. The second-order valence-electron chi connectivity index (χ2n) is 5.85. The number of hydrogen-bond donors (Lipinski definition) is 1. The van der Waals surface area contributed by atoms with E-state index in [0.29, 0.717) is 12.1 Å². The Morgan fingerprint density at radius 3 is 2.61 bits per heavy atom. The van der Waals surface area contributed by atoms with E-state index >= 15 is 0 Å². The number of benzene rings is 1. The summed E-state index contributed by atoms with van der Waals surface area (Å²) in [6, 6.07) is 9.36. The molecule has 0 heterocycles. The predicted octanol–water partition coefficient (Wildman–Crippen LogP) is 2.91. The fraction of sp³-hybridized carbons (Fsp3) is 0.625. The Bertz CT molecular complexity index is 411. The topological polar surface area (TPSA) is 23.5 Å². The molecule has 2 unspecified atom stereocenters.